The van der Waals surface area contributed by atoms with E-state index in [1.807, 2.05) is 13.8 Å². The molecule has 0 saturated heterocycles. The van der Waals surface area contributed by atoms with E-state index in [4.69, 9.17) is 0 Å². The fourth-order valence-electron chi connectivity index (χ4n) is 1.78. The highest BCUT2D eigenvalue weighted by molar-refractivity contribution is 5.78. The Kier molecular flexibility index (Phi) is 4.63. The van der Waals surface area contributed by atoms with Gasteiger partial charge >= 0.3 is 5.97 Å². The molecular formula is C13H18FNO2. The number of carboxylic acids is 1. The number of nitrogens with one attached hydrogen (secondary N) is 1. The van der Waals surface area contributed by atoms with Crippen molar-refractivity contribution in [1.82, 2.24) is 5.32 Å². The minimum Gasteiger partial charge on any atom is -0.480 e. The Hall–Kier alpha value is -1.42. The van der Waals surface area contributed by atoms with Crippen LogP contribution in [-0.4, -0.2) is 16.6 Å². The lowest BCUT2D eigenvalue weighted by Crippen LogP contribution is -2.50. The smallest absolute Gasteiger partial charge is 0.323 e. The molecule has 1 rings (SSSR count). The molecule has 0 bridgehead atoms. The summed E-state index contributed by atoms with van der Waals surface area (Å²) in [7, 11) is 0. The molecule has 0 saturated carbocycles. The second-order valence-corrected chi connectivity index (χ2v) is 4.04. The molecule has 0 atom stereocenters. The summed E-state index contributed by atoms with van der Waals surface area (Å²) in [6.07, 6.45) is 0.931. The van der Waals surface area contributed by atoms with Gasteiger partial charge in [-0.05, 0) is 18.9 Å². The van der Waals surface area contributed by atoms with Crippen LogP contribution in [0.3, 0.4) is 0 Å². The average molecular weight is 239 g/mol. The molecule has 0 unspecified atom stereocenters. The summed E-state index contributed by atoms with van der Waals surface area (Å²) in [6, 6.07) is 6.38. The molecule has 4 heteroatoms. The van der Waals surface area contributed by atoms with Crippen LogP contribution < -0.4 is 5.32 Å². The van der Waals surface area contributed by atoms with E-state index >= 15 is 0 Å². The number of rotatable bonds is 6. The SMILES string of the molecule is CCC(CC)(NCc1ccccc1F)C(=O)O. The summed E-state index contributed by atoms with van der Waals surface area (Å²) in [5, 5.41) is 12.2. The van der Waals surface area contributed by atoms with Gasteiger partial charge in [-0.3, -0.25) is 10.1 Å². The van der Waals surface area contributed by atoms with Gasteiger partial charge in [-0.25, -0.2) is 4.39 Å². The zero-order valence-corrected chi connectivity index (χ0v) is 10.2. The van der Waals surface area contributed by atoms with Crippen molar-refractivity contribution in [2.24, 2.45) is 0 Å². The first kappa shape index (κ1) is 13.6. The summed E-state index contributed by atoms with van der Waals surface area (Å²) in [5.74, 6) is -1.20. The van der Waals surface area contributed by atoms with Gasteiger partial charge in [0, 0.05) is 12.1 Å². The van der Waals surface area contributed by atoms with Crippen molar-refractivity contribution >= 4 is 5.97 Å². The van der Waals surface area contributed by atoms with Gasteiger partial charge in [0.25, 0.3) is 0 Å². The van der Waals surface area contributed by atoms with Crippen molar-refractivity contribution in [2.75, 3.05) is 0 Å². The second kappa shape index (κ2) is 5.77. The van der Waals surface area contributed by atoms with Gasteiger partial charge in [0.1, 0.15) is 11.4 Å². The van der Waals surface area contributed by atoms with Crippen LogP contribution in [0.5, 0.6) is 0 Å². The Labute approximate surface area is 101 Å². The fraction of sp³-hybridized carbons (Fsp3) is 0.462. The monoisotopic (exact) mass is 239 g/mol. The topological polar surface area (TPSA) is 49.3 Å². The molecule has 3 nitrogen and oxygen atoms in total. The number of carbonyl (C=O) groups is 1. The zero-order chi connectivity index (χ0) is 12.9. The average Bonchev–Trinajstić information content (AvgIpc) is 2.32. The summed E-state index contributed by atoms with van der Waals surface area (Å²) in [5.41, 5.74) is -0.484. The lowest BCUT2D eigenvalue weighted by atomic mass is 9.92. The molecule has 0 heterocycles. The molecule has 0 radical (unpaired) electrons. The second-order valence-electron chi connectivity index (χ2n) is 4.04. The number of hydrogen-bond donors (Lipinski definition) is 2. The highest BCUT2D eigenvalue weighted by Crippen LogP contribution is 2.17. The van der Waals surface area contributed by atoms with Gasteiger partial charge < -0.3 is 5.11 Å². The minimum atomic E-state index is -0.970. The quantitative estimate of drug-likeness (QED) is 0.802. The van der Waals surface area contributed by atoms with Crippen LogP contribution >= 0.6 is 0 Å². The van der Waals surface area contributed by atoms with Crippen LogP contribution in [0.1, 0.15) is 32.3 Å². The molecule has 0 amide bonds. The van der Waals surface area contributed by atoms with E-state index in [-0.39, 0.29) is 12.4 Å². The largest absolute Gasteiger partial charge is 0.480 e. The Morgan fingerprint density at radius 1 is 1.35 bits per heavy atom. The molecule has 0 aromatic heterocycles. The molecule has 0 spiro atoms. The van der Waals surface area contributed by atoms with E-state index in [1.54, 1.807) is 18.2 Å². The molecular weight excluding hydrogens is 221 g/mol. The number of halogens is 1. The van der Waals surface area contributed by atoms with Gasteiger partial charge in [0.2, 0.25) is 0 Å². The molecule has 0 fully saturated rings. The maximum Gasteiger partial charge on any atom is 0.323 e. The maximum absolute atomic E-state index is 13.4. The molecule has 0 aliphatic carbocycles. The Balaban J connectivity index is 2.78. The lowest BCUT2D eigenvalue weighted by molar-refractivity contribution is -0.145. The van der Waals surface area contributed by atoms with E-state index in [0.717, 1.165) is 0 Å². The minimum absolute atomic E-state index is 0.223. The first-order valence-electron chi connectivity index (χ1n) is 5.77. The zero-order valence-electron chi connectivity index (χ0n) is 10.2. The normalized spacial score (nSPS) is 11.5. The van der Waals surface area contributed by atoms with Crippen LogP contribution in [0.15, 0.2) is 24.3 Å². The summed E-state index contributed by atoms with van der Waals surface area (Å²) in [6.45, 7) is 3.85. The van der Waals surface area contributed by atoms with Crippen molar-refractivity contribution in [3.63, 3.8) is 0 Å². The van der Waals surface area contributed by atoms with Crippen LogP contribution in [0.4, 0.5) is 4.39 Å². The highest BCUT2D eigenvalue weighted by Gasteiger charge is 2.34. The predicted molar refractivity (Wildman–Crippen MR) is 64.2 cm³/mol. The van der Waals surface area contributed by atoms with E-state index < -0.39 is 11.5 Å². The van der Waals surface area contributed by atoms with E-state index in [1.165, 1.54) is 6.07 Å². The number of carboxylic acid groups (broad SMARTS) is 1. The maximum atomic E-state index is 13.4. The van der Waals surface area contributed by atoms with Gasteiger partial charge in [-0.15, -0.1) is 0 Å². The third kappa shape index (κ3) is 3.03. The summed E-state index contributed by atoms with van der Waals surface area (Å²) < 4.78 is 13.4. The molecule has 0 aliphatic heterocycles. The van der Waals surface area contributed by atoms with Crippen molar-refractivity contribution in [1.29, 1.82) is 0 Å². The number of benzene rings is 1. The van der Waals surface area contributed by atoms with E-state index in [2.05, 4.69) is 5.32 Å². The third-order valence-corrected chi connectivity index (χ3v) is 3.19. The highest BCUT2D eigenvalue weighted by atomic mass is 19.1. The Morgan fingerprint density at radius 3 is 2.41 bits per heavy atom. The van der Waals surface area contributed by atoms with Gasteiger partial charge in [-0.2, -0.15) is 0 Å². The Morgan fingerprint density at radius 2 is 1.94 bits per heavy atom. The van der Waals surface area contributed by atoms with Gasteiger partial charge in [0.05, 0.1) is 0 Å². The van der Waals surface area contributed by atoms with Crippen LogP contribution in [0, 0.1) is 5.82 Å². The molecule has 0 aliphatic rings. The van der Waals surface area contributed by atoms with Gasteiger partial charge in [-0.1, -0.05) is 32.0 Å². The number of aliphatic carboxylic acids is 1. The molecule has 17 heavy (non-hydrogen) atoms. The van der Waals surface area contributed by atoms with Crippen LogP contribution in [-0.2, 0) is 11.3 Å². The fourth-order valence-corrected chi connectivity index (χ4v) is 1.78. The first-order chi connectivity index (χ1) is 8.05. The summed E-state index contributed by atoms with van der Waals surface area (Å²) >= 11 is 0. The standard InChI is InChI=1S/C13H18FNO2/c1-3-13(4-2,12(16)17)15-9-10-7-5-6-8-11(10)14/h5-8,15H,3-4,9H2,1-2H3,(H,16,17). The van der Waals surface area contributed by atoms with E-state index in [0.29, 0.717) is 18.4 Å². The molecule has 94 valence electrons. The third-order valence-electron chi connectivity index (χ3n) is 3.19. The van der Waals surface area contributed by atoms with Crippen molar-refractivity contribution in [3.8, 4) is 0 Å². The predicted octanol–water partition coefficient (Wildman–Crippen LogP) is 2.56. The molecule has 1 aromatic carbocycles. The first-order valence-corrected chi connectivity index (χ1v) is 5.77. The summed E-state index contributed by atoms with van der Waals surface area (Å²) in [4.78, 5) is 11.2. The van der Waals surface area contributed by atoms with Crippen LogP contribution in [0.25, 0.3) is 0 Å². The van der Waals surface area contributed by atoms with Crippen LogP contribution in [0.2, 0.25) is 0 Å². The van der Waals surface area contributed by atoms with Crippen molar-refractivity contribution in [3.05, 3.63) is 35.6 Å². The Bertz CT molecular complexity index is 389. The van der Waals surface area contributed by atoms with E-state index in [9.17, 15) is 14.3 Å². The van der Waals surface area contributed by atoms with Crippen molar-refractivity contribution < 1.29 is 14.3 Å². The molecule has 2 N–H and O–H groups in total. The van der Waals surface area contributed by atoms with Crippen molar-refractivity contribution in [2.45, 2.75) is 38.8 Å². The number of hydrogen-bond acceptors (Lipinski definition) is 2. The van der Waals surface area contributed by atoms with Gasteiger partial charge in [0.15, 0.2) is 0 Å². The molecule has 1 aromatic rings. The lowest BCUT2D eigenvalue weighted by Gasteiger charge is -2.28.